The van der Waals surface area contributed by atoms with Crippen LogP contribution in [0.25, 0.3) is 0 Å². The Morgan fingerprint density at radius 2 is 2.20 bits per heavy atom. The molecule has 0 aliphatic carbocycles. The van der Waals surface area contributed by atoms with Crippen LogP contribution in [0.3, 0.4) is 0 Å². The fourth-order valence-corrected chi connectivity index (χ4v) is 2.57. The molecule has 5 heteroatoms. The van der Waals surface area contributed by atoms with Crippen molar-refractivity contribution in [1.82, 2.24) is 9.88 Å². The molecule has 0 aliphatic heterocycles. The maximum atomic E-state index is 12.3. The van der Waals surface area contributed by atoms with Crippen LogP contribution in [0.1, 0.15) is 43.1 Å². The minimum Gasteiger partial charge on any atom is -0.469 e. The quantitative estimate of drug-likeness (QED) is 0.901. The molecule has 2 rings (SSSR count). The summed E-state index contributed by atoms with van der Waals surface area (Å²) in [6.07, 6.45) is 4.25. The number of nitrogens with one attached hydrogen (secondary N) is 1. The van der Waals surface area contributed by atoms with E-state index in [-0.39, 0.29) is 18.0 Å². The Balaban J connectivity index is 2.04. The minimum atomic E-state index is -0.0662. The van der Waals surface area contributed by atoms with Crippen molar-refractivity contribution in [3.63, 3.8) is 0 Å². The van der Waals surface area contributed by atoms with Gasteiger partial charge in [-0.1, -0.05) is 0 Å². The molecule has 1 amide bonds. The molecule has 1 N–H and O–H groups in total. The lowest BCUT2D eigenvalue weighted by Crippen LogP contribution is -2.35. The van der Waals surface area contributed by atoms with Crippen LogP contribution >= 0.6 is 15.9 Å². The first-order valence-electron chi connectivity index (χ1n) is 6.68. The Hall–Kier alpha value is -1.49. The molecule has 4 nitrogen and oxygen atoms in total. The highest BCUT2D eigenvalue weighted by Gasteiger charge is 2.17. The van der Waals surface area contributed by atoms with Crippen LogP contribution in [-0.4, -0.2) is 16.5 Å². The van der Waals surface area contributed by atoms with Crippen molar-refractivity contribution >= 4 is 21.8 Å². The highest BCUT2D eigenvalue weighted by atomic mass is 79.9. The van der Waals surface area contributed by atoms with Crippen LogP contribution in [0, 0.1) is 0 Å². The van der Waals surface area contributed by atoms with Gasteiger partial charge in [0.25, 0.3) is 5.91 Å². The third-order valence-electron chi connectivity index (χ3n) is 3.07. The zero-order valence-electron chi connectivity index (χ0n) is 11.9. The summed E-state index contributed by atoms with van der Waals surface area (Å²) in [7, 11) is 0. The van der Waals surface area contributed by atoms with Crippen molar-refractivity contribution in [2.45, 2.75) is 39.3 Å². The van der Waals surface area contributed by atoms with E-state index >= 15 is 0 Å². The third-order valence-corrected chi connectivity index (χ3v) is 3.50. The molecule has 1 atom stereocenters. The molecular formula is C15H19BrN2O2. The van der Waals surface area contributed by atoms with Crippen molar-refractivity contribution in [2.75, 3.05) is 0 Å². The molecule has 0 bridgehead atoms. The Labute approximate surface area is 127 Å². The molecule has 108 valence electrons. The van der Waals surface area contributed by atoms with E-state index in [4.69, 9.17) is 4.42 Å². The molecular weight excluding hydrogens is 320 g/mol. The average Bonchev–Trinajstić information content (AvgIpc) is 2.97. The number of carbonyl (C=O) groups is 1. The number of aromatic nitrogens is 1. The first-order chi connectivity index (χ1) is 9.47. The Morgan fingerprint density at radius 1 is 1.45 bits per heavy atom. The van der Waals surface area contributed by atoms with E-state index in [9.17, 15) is 4.79 Å². The predicted octanol–water partition coefficient (Wildman–Crippen LogP) is 3.79. The SMILES string of the molecule is CC(Cc1ccco1)NC(=O)c1cc(Br)cn1C(C)C. The Bertz CT molecular complexity index is 573. The number of carbonyl (C=O) groups excluding carboxylic acids is 1. The van der Waals surface area contributed by atoms with Gasteiger partial charge < -0.3 is 14.3 Å². The van der Waals surface area contributed by atoms with Gasteiger partial charge in [-0.2, -0.15) is 0 Å². The molecule has 2 heterocycles. The molecule has 0 fully saturated rings. The molecule has 0 aliphatic rings. The molecule has 0 saturated carbocycles. The van der Waals surface area contributed by atoms with Gasteiger partial charge in [-0.15, -0.1) is 0 Å². The van der Waals surface area contributed by atoms with Crippen LogP contribution in [0.5, 0.6) is 0 Å². The van der Waals surface area contributed by atoms with Crippen molar-refractivity contribution in [3.05, 3.63) is 46.6 Å². The number of halogens is 1. The average molecular weight is 339 g/mol. The van der Waals surface area contributed by atoms with Gasteiger partial charge in [-0.25, -0.2) is 0 Å². The zero-order chi connectivity index (χ0) is 14.7. The van der Waals surface area contributed by atoms with Crippen LogP contribution in [0.4, 0.5) is 0 Å². The maximum Gasteiger partial charge on any atom is 0.268 e. The second kappa shape index (κ2) is 6.31. The number of amides is 1. The predicted molar refractivity (Wildman–Crippen MR) is 81.9 cm³/mol. The number of hydrogen-bond donors (Lipinski definition) is 1. The Kier molecular flexibility index (Phi) is 4.70. The standard InChI is InChI=1S/C15H19BrN2O2/c1-10(2)18-9-12(16)8-14(18)15(19)17-11(3)7-13-5-4-6-20-13/h4-6,8-11H,7H2,1-3H3,(H,17,19). The van der Waals surface area contributed by atoms with E-state index in [1.54, 1.807) is 6.26 Å². The van der Waals surface area contributed by atoms with E-state index in [0.717, 1.165) is 10.2 Å². The van der Waals surface area contributed by atoms with Gasteiger partial charge in [0.05, 0.1) is 6.26 Å². The van der Waals surface area contributed by atoms with Gasteiger partial charge >= 0.3 is 0 Å². The summed E-state index contributed by atoms with van der Waals surface area (Å²) >= 11 is 3.42. The first kappa shape index (κ1) is 14.9. The molecule has 0 saturated heterocycles. The lowest BCUT2D eigenvalue weighted by molar-refractivity contribution is 0.0928. The molecule has 2 aromatic rings. The first-order valence-corrected chi connectivity index (χ1v) is 7.47. The molecule has 0 radical (unpaired) electrons. The van der Waals surface area contributed by atoms with Gasteiger partial charge in [0.15, 0.2) is 0 Å². The maximum absolute atomic E-state index is 12.3. The van der Waals surface area contributed by atoms with Crippen LogP contribution in [0.2, 0.25) is 0 Å². The van der Waals surface area contributed by atoms with Crippen LogP contribution in [0.15, 0.2) is 39.5 Å². The lowest BCUT2D eigenvalue weighted by atomic mass is 10.2. The summed E-state index contributed by atoms with van der Waals surface area (Å²) in [6, 6.07) is 5.86. The molecule has 0 spiro atoms. The van der Waals surface area contributed by atoms with E-state index in [1.807, 2.05) is 35.9 Å². The summed E-state index contributed by atoms with van der Waals surface area (Å²) in [5, 5.41) is 3.00. The van der Waals surface area contributed by atoms with E-state index in [0.29, 0.717) is 12.1 Å². The topological polar surface area (TPSA) is 47.2 Å². The van der Waals surface area contributed by atoms with E-state index in [2.05, 4.69) is 35.1 Å². The number of hydrogen-bond acceptors (Lipinski definition) is 2. The molecule has 2 aromatic heterocycles. The van der Waals surface area contributed by atoms with Crippen LogP contribution in [-0.2, 0) is 6.42 Å². The highest BCUT2D eigenvalue weighted by molar-refractivity contribution is 9.10. The second-order valence-electron chi connectivity index (χ2n) is 5.20. The van der Waals surface area contributed by atoms with Crippen molar-refractivity contribution in [1.29, 1.82) is 0 Å². The van der Waals surface area contributed by atoms with Crippen LogP contribution < -0.4 is 5.32 Å². The van der Waals surface area contributed by atoms with Crippen molar-refractivity contribution in [3.8, 4) is 0 Å². The molecule has 1 unspecified atom stereocenters. The van der Waals surface area contributed by atoms with Gasteiger partial charge in [0.2, 0.25) is 0 Å². The second-order valence-corrected chi connectivity index (χ2v) is 6.12. The lowest BCUT2D eigenvalue weighted by Gasteiger charge is -2.16. The summed E-state index contributed by atoms with van der Waals surface area (Å²) in [6.45, 7) is 6.07. The largest absolute Gasteiger partial charge is 0.469 e. The fourth-order valence-electron chi connectivity index (χ4n) is 2.13. The third kappa shape index (κ3) is 3.54. The molecule has 20 heavy (non-hydrogen) atoms. The smallest absolute Gasteiger partial charge is 0.268 e. The normalized spacial score (nSPS) is 12.7. The van der Waals surface area contributed by atoms with Crippen molar-refractivity contribution < 1.29 is 9.21 Å². The number of furan rings is 1. The van der Waals surface area contributed by atoms with Gasteiger partial charge in [0.1, 0.15) is 11.5 Å². The Morgan fingerprint density at radius 3 is 2.80 bits per heavy atom. The van der Waals surface area contributed by atoms with Gasteiger partial charge in [-0.05, 0) is 54.9 Å². The number of nitrogens with zero attached hydrogens (tertiary/aromatic N) is 1. The monoisotopic (exact) mass is 338 g/mol. The van der Waals surface area contributed by atoms with Gasteiger partial charge in [-0.3, -0.25) is 4.79 Å². The molecule has 0 aromatic carbocycles. The van der Waals surface area contributed by atoms with Gasteiger partial charge in [0, 0.05) is 29.2 Å². The summed E-state index contributed by atoms with van der Waals surface area (Å²) in [4.78, 5) is 12.3. The highest BCUT2D eigenvalue weighted by Crippen LogP contribution is 2.19. The minimum absolute atomic E-state index is 0.0166. The van der Waals surface area contributed by atoms with Crippen molar-refractivity contribution in [2.24, 2.45) is 0 Å². The van der Waals surface area contributed by atoms with E-state index in [1.165, 1.54) is 0 Å². The zero-order valence-corrected chi connectivity index (χ0v) is 13.5. The van der Waals surface area contributed by atoms with E-state index < -0.39 is 0 Å². The summed E-state index contributed by atoms with van der Waals surface area (Å²) in [5.41, 5.74) is 0.665. The fraction of sp³-hybridized carbons (Fsp3) is 0.400. The number of rotatable bonds is 5. The summed E-state index contributed by atoms with van der Waals surface area (Å²) in [5.74, 6) is 0.807. The summed E-state index contributed by atoms with van der Waals surface area (Å²) < 4.78 is 8.16.